The van der Waals surface area contributed by atoms with Crippen LogP contribution in [0.4, 0.5) is 0 Å². The third-order valence-corrected chi connectivity index (χ3v) is 18.1. The fraction of sp³-hybridized carbons (Fsp3) is 0. The van der Waals surface area contributed by atoms with Crippen LogP contribution in [0.2, 0.25) is 0 Å². The zero-order chi connectivity index (χ0) is 59.4. The molecule has 0 atom stereocenters. The van der Waals surface area contributed by atoms with E-state index in [4.69, 9.17) is 15.0 Å². The summed E-state index contributed by atoms with van der Waals surface area (Å²) in [6.07, 6.45) is 0. The highest BCUT2D eigenvalue weighted by Gasteiger charge is 2.25. The summed E-state index contributed by atoms with van der Waals surface area (Å²) in [6.45, 7) is 0. The molecule has 90 heavy (non-hydrogen) atoms. The van der Waals surface area contributed by atoms with E-state index in [1.807, 2.05) is 84.9 Å². The largest absolute Gasteiger partial charge is 0.309 e. The SMILES string of the molecule is N#Cc1ccccc1-c1ccc(-n2c3ccccc3c3cc(-n4c5ccccc5c5ccccc54)ccc32)c(-c2cc(-c3nc(-c4ccccc4)nc(-c4ccccc4)n3)ccc2-n2c3ccccc3c3cc(-n4c5ccccc5c5ccccc54)ccc32)c1. The Morgan fingerprint density at radius 2 is 0.556 bits per heavy atom. The normalized spacial score (nSPS) is 11.8. The summed E-state index contributed by atoms with van der Waals surface area (Å²) < 4.78 is 9.65. The number of benzene rings is 13. The highest BCUT2D eigenvalue weighted by atomic mass is 15.0. The van der Waals surface area contributed by atoms with Gasteiger partial charge in [-0.15, -0.1) is 0 Å². The molecule has 0 aliphatic carbocycles. The van der Waals surface area contributed by atoms with Crippen molar-refractivity contribution in [2.75, 3.05) is 0 Å². The van der Waals surface area contributed by atoms with Gasteiger partial charge in [0.15, 0.2) is 17.5 Å². The number of aromatic nitrogens is 7. The van der Waals surface area contributed by atoms with Crippen molar-refractivity contribution < 1.29 is 0 Å². The lowest BCUT2D eigenvalue weighted by atomic mass is 9.93. The zero-order valence-electron chi connectivity index (χ0n) is 48.4. The number of nitrogens with zero attached hydrogens (tertiary/aromatic N) is 8. The van der Waals surface area contributed by atoms with Gasteiger partial charge in [-0.25, -0.2) is 15.0 Å². The Hall–Kier alpha value is -12.4. The summed E-state index contributed by atoms with van der Waals surface area (Å²) in [6, 6.07) is 110. The first-order valence-corrected chi connectivity index (χ1v) is 30.3. The van der Waals surface area contributed by atoms with Gasteiger partial charge >= 0.3 is 0 Å². The van der Waals surface area contributed by atoms with Crippen molar-refractivity contribution in [2.24, 2.45) is 0 Å². The Bertz CT molecular complexity index is 5830. The van der Waals surface area contributed by atoms with Gasteiger partial charge in [0, 0.05) is 82.3 Å². The van der Waals surface area contributed by atoms with Crippen LogP contribution in [0.3, 0.4) is 0 Å². The smallest absolute Gasteiger partial charge is 0.164 e. The lowest BCUT2D eigenvalue weighted by Gasteiger charge is -2.21. The van der Waals surface area contributed by atoms with E-state index in [1.54, 1.807) is 0 Å². The Morgan fingerprint density at radius 1 is 0.233 bits per heavy atom. The second-order valence-corrected chi connectivity index (χ2v) is 23.0. The summed E-state index contributed by atoms with van der Waals surface area (Å²) in [5.74, 6) is 1.69. The van der Waals surface area contributed by atoms with Crippen LogP contribution in [0.5, 0.6) is 0 Å². The first-order chi connectivity index (χ1) is 44.6. The Labute approximate surface area is 516 Å². The van der Waals surface area contributed by atoms with Crippen LogP contribution in [-0.2, 0) is 0 Å². The van der Waals surface area contributed by atoms with Crippen LogP contribution in [0.15, 0.2) is 303 Å². The summed E-state index contributed by atoms with van der Waals surface area (Å²) in [7, 11) is 0. The van der Waals surface area contributed by atoms with E-state index in [0.717, 1.165) is 127 Å². The maximum absolute atomic E-state index is 10.8. The molecule has 0 N–H and O–H groups in total. The number of nitriles is 1. The van der Waals surface area contributed by atoms with E-state index in [0.29, 0.717) is 23.0 Å². The van der Waals surface area contributed by atoms with Crippen molar-refractivity contribution in [3.63, 3.8) is 0 Å². The third-order valence-electron chi connectivity index (χ3n) is 18.1. The average Bonchev–Trinajstić information content (AvgIpc) is 1.62. The predicted octanol–water partition coefficient (Wildman–Crippen LogP) is 20.5. The van der Waals surface area contributed by atoms with Gasteiger partial charge in [-0.1, -0.05) is 194 Å². The van der Waals surface area contributed by atoms with Crippen LogP contribution in [0.25, 0.3) is 166 Å². The average molecular weight is 1150 g/mol. The number of fused-ring (bicyclic) bond motifs is 12. The van der Waals surface area contributed by atoms with E-state index in [9.17, 15) is 5.26 Å². The van der Waals surface area contributed by atoms with Gasteiger partial charge in [-0.3, -0.25) is 0 Å². The molecule has 5 heterocycles. The Kier molecular flexibility index (Phi) is 11.5. The first-order valence-electron chi connectivity index (χ1n) is 30.3. The molecule has 0 radical (unpaired) electrons. The maximum Gasteiger partial charge on any atom is 0.164 e. The quantitative estimate of drug-likeness (QED) is 0.144. The summed E-state index contributed by atoms with van der Waals surface area (Å²) in [4.78, 5) is 15.8. The fourth-order valence-corrected chi connectivity index (χ4v) is 14.1. The number of hydrogen-bond donors (Lipinski definition) is 0. The first kappa shape index (κ1) is 50.8. The van der Waals surface area contributed by atoms with Crippen LogP contribution in [0, 0.1) is 11.3 Å². The minimum Gasteiger partial charge on any atom is -0.309 e. The van der Waals surface area contributed by atoms with E-state index in [-0.39, 0.29) is 0 Å². The molecular formula is C82H50N8. The van der Waals surface area contributed by atoms with Crippen molar-refractivity contribution in [3.05, 3.63) is 309 Å². The third kappa shape index (κ3) is 7.90. The van der Waals surface area contributed by atoms with E-state index in [2.05, 4.69) is 243 Å². The molecule has 8 nitrogen and oxygen atoms in total. The lowest BCUT2D eigenvalue weighted by Crippen LogP contribution is -2.04. The maximum atomic E-state index is 10.8. The molecule has 18 aromatic rings. The van der Waals surface area contributed by atoms with Crippen LogP contribution in [-0.4, -0.2) is 33.2 Å². The number of hydrogen-bond acceptors (Lipinski definition) is 4. The molecule has 5 aromatic heterocycles. The second-order valence-electron chi connectivity index (χ2n) is 23.0. The zero-order valence-corrected chi connectivity index (χ0v) is 48.4. The molecular weight excluding hydrogens is 1100 g/mol. The van der Waals surface area contributed by atoms with Crippen molar-refractivity contribution in [1.82, 2.24) is 33.2 Å². The Morgan fingerprint density at radius 3 is 0.978 bits per heavy atom. The van der Waals surface area contributed by atoms with Gasteiger partial charge in [0.1, 0.15) is 0 Å². The topological polar surface area (TPSA) is 82.2 Å². The summed E-state index contributed by atoms with van der Waals surface area (Å²) in [5.41, 5.74) is 19.7. The number of para-hydroxylation sites is 6. The molecule has 0 spiro atoms. The fourth-order valence-electron chi connectivity index (χ4n) is 14.1. The van der Waals surface area contributed by atoms with Gasteiger partial charge in [-0.2, -0.15) is 5.26 Å². The second kappa shape index (κ2) is 20.3. The molecule has 418 valence electrons. The minimum atomic E-state index is 0.538. The van der Waals surface area contributed by atoms with Crippen molar-refractivity contribution in [2.45, 2.75) is 0 Å². The van der Waals surface area contributed by atoms with Crippen molar-refractivity contribution >= 4 is 87.2 Å². The molecule has 0 aliphatic rings. The molecule has 0 amide bonds. The van der Waals surface area contributed by atoms with Crippen molar-refractivity contribution in [1.29, 1.82) is 5.26 Å². The molecule has 0 fully saturated rings. The molecule has 0 saturated carbocycles. The van der Waals surface area contributed by atoms with E-state index in [1.165, 1.54) is 21.5 Å². The van der Waals surface area contributed by atoms with E-state index < -0.39 is 0 Å². The van der Waals surface area contributed by atoms with Gasteiger partial charge in [0.05, 0.1) is 67.1 Å². The molecule has 18 rings (SSSR count). The van der Waals surface area contributed by atoms with Gasteiger partial charge in [-0.05, 0) is 120 Å². The minimum absolute atomic E-state index is 0.538. The standard InChI is InChI=1S/C82H50N8/c83-51-56-25-7-8-26-59(56)54-39-43-76(89-74-37-19-13-31-64(74)68-49-57(41-45-78(68)89)87-70-33-15-9-27-60(70)61-28-10-16-34-71(61)87)66(47-54)67-48-55(82-85-80(52-21-3-1-4-22-52)84-81(86-82)53-23-5-2-6-24-53)40-44-77(67)90-75-38-20-14-32-65(75)69-50-58(42-46-79(69)90)88-72-35-17-11-29-62(72)63-30-12-18-36-73(63)88/h1-50H. The number of rotatable bonds is 9. The summed E-state index contributed by atoms with van der Waals surface area (Å²) in [5, 5.41) is 20.1. The molecule has 0 unspecified atom stereocenters. The van der Waals surface area contributed by atoms with Gasteiger partial charge < -0.3 is 18.3 Å². The molecule has 8 heteroatoms. The predicted molar refractivity (Wildman–Crippen MR) is 369 cm³/mol. The van der Waals surface area contributed by atoms with Gasteiger partial charge in [0.25, 0.3) is 0 Å². The monoisotopic (exact) mass is 1150 g/mol. The Balaban J connectivity index is 0.936. The van der Waals surface area contributed by atoms with Crippen LogP contribution in [0.1, 0.15) is 5.56 Å². The van der Waals surface area contributed by atoms with Gasteiger partial charge in [0.2, 0.25) is 0 Å². The molecule has 13 aromatic carbocycles. The van der Waals surface area contributed by atoms with Crippen LogP contribution < -0.4 is 0 Å². The van der Waals surface area contributed by atoms with Crippen molar-refractivity contribution in [3.8, 4) is 85.2 Å². The lowest BCUT2D eigenvalue weighted by molar-refractivity contribution is 1.07. The molecule has 0 aliphatic heterocycles. The summed E-state index contributed by atoms with van der Waals surface area (Å²) >= 11 is 0. The highest BCUT2D eigenvalue weighted by Crippen LogP contribution is 2.46. The van der Waals surface area contributed by atoms with E-state index >= 15 is 0 Å². The molecule has 0 bridgehead atoms. The van der Waals surface area contributed by atoms with Crippen LogP contribution >= 0.6 is 0 Å². The highest BCUT2D eigenvalue weighted by molar-refractivity contribution is 6.15. The molecule has 0 saturated heterocycles.